The molecule has 4 nitrogen and oxygen atoms in total. The molecule has 0 saturated carbocycles. The van der Waals surface area contributed by atoms with Crippen LogP contribution < -0.4 is 5.32 Å². The molecule has 0 fully saturated rings. The molecule has 0 radical (unpaired) electrons. The van der Waals surface area contributed by atoms with Crippen molar-refractivity contribution in [1.29, 1.82) is 0 Å². The van der Waals surface area contributed by atoms with Gasteiger partial charge in [-0.15, -0.1) is 0 Å². The maximum atomic E-state index is 13.0. The normalized spacial score (nSPS) is 12.0. The van der Waals surface area contributed by atoms with E-state index in [2.05, 4.69) is 10.5 Å². The van der Waals surface area contributed by atoms with Gasteiger partial charge in [-0.05, 0) is 31.5 Å². The molecule has 1 aromatic heterocycles. The first-order chi connectivity index (χ1) is 11.5. The molecule has 122 valence electrons. The zero-order valence-corrected chi connectivity index (χ0v) is 13.4. The van der Waals surface area contributed by atoms with E-state index >= 15 is 0 Å². The van der Waals surface area contributed by atoms with Crippen LogP contribution in [0.4, 0.5) is 4.39 Å². The summed E-state index contributed by atoms with van der Waals surface area (Å²) in [6.07, 6.45) is 1.40. The van der Waals surface area contributed by atoms with Gasteiger partial charge in [-0.25, -0.2) is 4.39 Å². The minimum atomic E-state index is -0.307. The minimum absolute atomic E-state index is 0.265. The van der Waals surface area contributed by atoms with Crippen LogP contribution >= 0.6 is 0 Å². The number of amides is 1. The lowest BCUT2D eigenvalue weighted by atomic mass is 10.1. The highest BCUT2D eigenvalue weighted by Gasteiger charge is 2.19. The summed E-state index contributed by atoms with van der Waals surface area (Å²) >= 11 is 0. The average Bonchev–Trinajstić information content (AvgIpc) is 3.06. The predicted octanol–water partition coefficient (Wildman–Crippen LogP) is 4.28. The van der Waals surface area contributed by atoms with Crippen LogP contribution in [0.2, 0.25) is 0 Å². The molecule has 3 aromatic rings. The van der Waals surface area contributed by atoms with Crippen molar-refractivity contribution in [3.63, 3.8) is 0 Å². The Balaban J connectivity index is 1.80. The number of aromatic nitrogens is 1. The van der Waals surface area contributed by atoms with E-state index in [1.807, 2.05) is 38.1 Å². The number of nitrogens with zero attached hydrogens (tertiary/aromatic N) is 1. The van der Waals surface area contributed by atoms with E-state index in [1.54, 1.807) is 12.1 Å². The fraction of sp³-hybridized carbons (Fsp3) is 0.158. The van der Waals surface area contributed by atoms with Crippen molar-refractivity contribution in [2.45, 2.75) is 19.9 Å². The van der Waals surface area contributed by atoms with Crippen molar-refractivity contribution in [1.82, 2.24) is 10.5 Å². The van der Waals surface area contributed by atoms with Crippen molar-refractivity contribution in [2.75, 3.05) is 0 Å². The number of hydrogen-bond donors (Lipinski definition) is 1. The summed E-state index contributed by atoms with van der Waals surface area (Å²) < 4.78 is 18.3. The Bertz CT molecular complexity index is 839. The van der Waals surface area contributed by atoms with Crippen LogP contribution in [0.5, 0.6) is 0 Å². The molecule has 1 atom stereocenters. The van der Waals surface area contributed by atoms with Crippen molar-refractivity contribution in [2.24, 2.45) is 0 Å². The van der Waals surface area contributed by atoms with E-state index in [4.69, 9.17) is 4.52 Å². The van der Waals surface area contributed by atoms with Crippen molar-refractivity contribution in [3.8, 4) is 11.3 Å². The molecule has 0 aliphatic heterocycles. The second kappa shape index (κ2) is 6.66. The van der Waals surface area contributed by atoms with Crippen molar-refractivity contribution in [3.05, 3.63) is 77.2 Å². The van der Waals surface area contributed by atoms with E-state index in [1.165, 1.54) is 18.3 Å². The molecule has 1 heterocycles. The Kier molecular flexibility index (Phi) is 4.42. The summed E-state index contributed by atoms with van der Waals surface area (Å²) in [5, 5.41) is 6.63. The Labute approximate surface area is 139 Å². The highest BCUT2D eigenvalue weighted by atomic mass is 19.1. The smallest absolute Gasteiger partial charge is 0.257 e. The quantitative estimate of drug-likeness (QED) is 0.779. The van der Waals surface area contributed by atoms with Gasteiger partial charge in [-0.3, -0.25) is 4.79 Å². The first-order valence-electron chi connectivity index (χ1n) is 7.62. The van der Waals surface area contributed by atoms with Gasteiger partial charge in [-0.1, -0.05) is 47.1 Å². The number of nitrogens with one attached hydrogen (secondary N) is 1. The van der Waals surface area contributed by atoms with E-state index in [0.29, 0.717) is 11.3 Å². The third kappa shape index (κ3) is 3.35. The molecule has 0 saturated heterocycles. The largest absolute Gasteiger partial charge is 0.355 e. The Morgan fingerprint density at radius 2 is 1.79 bits per heavy atom. The molecule has 5 heteroatoms. The third-order valence-electron chi connectivity index (χ3n) is 3.85. The number of carbonyl (C=O) groups excluding carboxylic acids is 1. The van der Waals surface area contributed by atoms with Gasteiger partial charge in [0.25, 0.3) is 5.91 Å². The zero-order chi connectivity index (χ0) is 17.1. The topological polar surface area (TPSA) is 55.1 Å². The highest BCUT2D eigenvalue weighted by Crippen LogP contribution is 2.24. The molecule has 0 aliphatic rings. The van der Waals surface area contributed by atoms with Gasteiger partial charge >= 0.3 is 0 Å². The summed E-state index contributed by atoms with van der Waals surface area (Å²) in [5.74, 6) is -0.166. The van der Waals surface area contributed by atoms with Crippen LogP contribution in [0.1, 0.15) is 34.5 Å². The fourth-order valence-electron chi connectivity index (χ4n) is 2.42. The molecular weight excluding hydrogens is 307 g/mol. The Morgan fingerprint density at radius 3 is 2.46 bits per heavy atom. The summed E-state index contributed by atoms with van der Waals surface area (Å²) in [6.45, 7) is 3.83. The highest BCUT2D eigenvalue weighted by molar-refractivity contribution is 5.99. The van der Waals surface area contributed by atoms with Crippen LogP contribution in [0.25, 0.3) is 11.3 Å². The summed E-state index contributed by atoms with van der Waals surface area (Å²) in [4.78, 5) is 12.5. The lowest BCUT2D eigenvalue weighted by Gasteiger charge is -2.14. The average molecular weight is 324 g/mol. The standard InChI is InChI=1S/C19H17FN2O2/c1-12-3-5-15(6-4-12)18-17(11-21-24-18)19(23)22-13(2)14-7-9-16(20)10-8-14/h3-11,13H,1-2H3,(H,22,23). The molecular formula is C19H17FN2O2. The van der Waals surface area contributed by atoms with Gasteiger partial charge in [-0.2, -0.15) is 0 Å². The second-order valence-corrected chi connectivity index (χ2v) is 5.68. The minimum Gasteiger partial charge on any atom is -0.355 e. The summed E-state index contributed by atoms with van der Waals surface area (Å²) in [6, 6.07) is 13.4. The van der Waals surface area contributed by atoms with Crippen molar-refractivity contribution < 1.29 is 13.7 Å². The molecule has 3 rings (SSSR count). The molecule has 1 amide bonds. The maximum Gasteiger partial charge on any atom is 0.257 e. The van der Waals surface area contributed by atoms with Gasteiger partial charge < -0.3 is 9.84 Å². The molecule has 24 heavy (non-hydrogen) atoms. The first-order valence-corrected chi connectivity index (χ1v) is 7.62. The molecule has 0 aliphatic carbocycles. The van der Waals surface area contributed by atoms with E-state index in [9.17, 15) is 9.18 Å². The Morgan fingerprint density at radius 1 is 1.12 bits per heavy atom. The predicted molar refractivity (Wildman–Crippen MR) is 89.0 cm³/mol. The summed E-state index contributed by atoms with van der Waals surface area (Å²) in [7, 11) is 0. The van der Waals surface area contributed by atoms with E-state index in [-0.39, 0.29) is 17.8 Å². The van der Waals surface area contributed by atoms with Crippen LogP contribution in [0.15, 0.2) is 59.3 Å². The number of aryl methyl sites for hydroxylation is 1. The number of halogens is 1. The number of rotatable bonds is 4. The summed E-state index contributed by atoms with van der Waals surface area (Å²) in [5.41, 5.74) is 3.10. The van der Waals surface area contributed by atoms with E-state index < -0.39 is 0 Å². The van der Waals surface area contributed by atoms with Gasteiger partial charge in [0, 0.05) is 5.56 Å². The van der Waals surface area contributed by atoms with Crippen LogP contribution in [-0.4, -0.2) is 11.1 Å². The number of carbonyl (C=O) groups is 1. The van der Waals surface area contributed by atoms with Gasteiger partial charge in [0.1, 0.15) is 11.4 Å². The monoisotopic (exact) mass is 324 g/mol. The first kappa shape index (κ1) is 15.9. The molecule has 1 N–H and O–H groups in total. The van der Waals surface area contributed by atoms with Crippen LogP contribution in [0.3, 0.4) is 0 Å². The van der Waals surface area contributed by atoms with Crippen molar-refractivity contribution >= 4 is 5.91 Å². The molecule has 1 unspecified atom stereocenters. The SMILES string of the molecule is Cc1ccc(-c2oncc2C(=O)NC(C)c2ccc(F)cc2)cc1. The Hall–Kier alpha value is -2.95. The van der Waals surface area contributed by atoms with Gasteiger partial charge in [0.05, 0.1) is 12.2 Å². The van der Waals surface area contributed by atoms with E-state index in [0.717, 1.165) is 16.7 Å². The number of benzene rings is 2. The third-order valence-corrected chi connectivity index (χ3v) is 3.85. The lowest BCUT2D eigenvalue weighted by molar-refractivity contribution is 0.0940. The fourth-order valence-corrected chi connectivity index (χ4v) is 2.42. The second-order valence-electron chi connectivity index (χ2n) is 5.68. The van der Waals surface area contributed by atoms with Crippen LogP contribution in [-0.2, 0) is 0 Å². The maximum absolute atomic E-state index is 13.0. The van der Waals surface area contributed by atoms with Gasteiger partial charge in [0.2, 0.25) is 0 Å². The van der Waals surface area contributed by atoms with Crippen LogP contribution in [0, 0.1) is 12.7 Å². The number of hydrogen-bond acceptors (Lipinski definition) is 3. The molecule has 0 spiro atoms. The lowest BCUT2D eigenvalue weighted by Crippen LogP contribution is -2.26. The van der Waals surface area contributed by atoms with Gasteiger partial charge in [0.15, 0.2) is 5.76 Å². The molecule has 0 bridgehead atoms. The molecule has 2 aromatic carbocycles. The zero-order valence-electron chi connectivity index (χ0n) is 13.4.